The first-order chi connectivity index (χ1) is 14.4. The van der Waals surface area contributed by atoms with Crippen LogP contribution in [-0.2, 0) is 4.79 Å². The molecule has 0 spiro atoms. The molecular weight excluding hydrogens is 379 g/mol. The van der Waals surface area contributed by atoms with E-state index in [2.05, 4.69) is 38.4 Å². The van der Waals surface area contributed by atoms with E-state index in [0.717, 1.165) is 43.0 Å². The van der Waals surface area contributed by atoms with Gasteiger partial charge < -0.3 is 10.2 Å². The minimum Gasteiger partial charge on any atom is -0.371 e. The summed E-state index contributed by atoms with van der Waals surface area (Å²) < 4.78 is 13.2. The van der Waals surface area contributed by atoms with Gasteiger partial charge in [-0.1, -0.05) is 23.8 Å². The third kappa shape index (κ3) is 3.99. The fourth-order valence-electron chi connectivity index (χ4n) is 4.52. The highest BCUT2D eigenvalue weighted by Crippen LogP contribution is 2.60. The molecule has 2 aromatic rings. The van der Waals surface area contributed by atoms with E-state index in [1.54, 1.807) is 12.1 Å². The van der Waals surface area contributed by atoms with Crippen LogP contribution in [0.5, 0.6) is 0 Å². The molecule has 1 amide bonds. The number of aryl methyl sites for hydroxylation is 2. The first-order valence-electron chi connectivity index (χ1n) is 10.3. The summed E-state index contributed by atoms with van der Waals surface area (Å²) in [6, 6.07) is 5.91. The molecule has 2 aliphatic rings. The summed E-state index contributed by atoms with van der Waals surface area (Å²) in [5, 5.41) is 2.96. The Kier molecular flexibility index (Phi) is 5.41. The normalized spacial score (nSPS) is 22.4. The zero-order valence-corrected chi connectivity index (χ0v) is 17.7. The highest BCUT2D eigenvalue weighted by molar-refractivity contribution is 5.95. The maximum absolute atomic E-state index is 13.2. The van der Waals surface area contributed by atoms with Crippen molar-refractivity contribution in [3.05, 3.63) is 71.6 Å². The second kappa shape index (κ2) is 8.01. The molecule has 0 aliphatic heterocycles. The van der Waals surface area contributed by atoms with Crippen LogP contribution in [0.4, 0.5) is 15.8 Å². The fourth-order valence-corrected chi connectivity index (χ4v) is 4.52. The molecule has 1 aromatic heterocycles. The van der Waals surface area contributed by atoms with Crippen LogP contribution >= 0.6 is 0 Å². The van der Waals surface area contributed by atoms with E-state index in [1.807, 2.05) is 27.1 Å². The molecule has 2 aliphatic carbocycles. The van der Waals surface area contributed by atoms with E-state index in [1.165, 1.54) is 17.7 Å². The number of hydrogen-bond acceptors (Lipinski definition) is 4. The molecule has 1 aromatic carbocycles. The van der Waals surface area contributed by atoms with Crippen LogP contribution in [0.25, 0.3) is 0 Å². The number of allylic oxidation sites excluding steroid dienone is 3. The SMILES string of the molecule is Cc1ncc(N(C)C[C@@]2(C3=CC=CCC3)C[C@H]2C(=O)Nc2ccc(F)cc2)c(C)n1. The number of carbonyl (C=O) groups is 1. The summed E-state index contributed by atoms with van der Waals surface area (Å²) >= 11 is 0. The van der Waals surface area contributed by atoms with E-state index >= 15 is 0 Å². The summed E-state index contributed by atoms with van der Waals surface area (Å²) in [5.41, 5.74) is 3.65. The third-order valence-corrected chi connectivity index (χ3v) is 6.16. The molecule has 4 rings (SSSR count). The molecule has 1 heterocycles. The Bertz CT molecular complexity index is 1010. The lowest BCUT2D eigenvalue weighted by molar-refractivity contribution is -0.117. The molecule has 0 unspecified atom stereocenters. The van der Waals surface area contributed by atoms with E-state index < -0.39 is 0 Å². The topological polar surface area (TPSA) is 58.1 Å². The number of anilines is 2. The van der Waals surface area contributed by atoms with Gasteiger partial charge in [-0.05, 0) is 57.4 Å². The number of halogens is 1. The minimum atomic E-state index is -0.315. The summed E-state index contributed by atoms with van der Waals surface area (Å²) in [6.45, 7) is 4.59. The van der Waals surface area contributed by atoms with Gasteiger partial charge in [0.2, 0.25) is 5.91 Å². The van der Waals surface area contributed by atoms with Gasteiger partial charge in [0.05, 0.1) is 23.5 Å². The van der Waals surface area contributed by atoms with Crippen molar-refractivity contribution in [2.45, 2.75) is 33.1 Å². The van der Waals surface area contributed by atoms with Gasteiger partial charge in [-0.25, -0.2) is 14.4 Å². The number of aromatic nitrogens is 2. The molecule has 1 fully saturated rings. The molecule has 5 nitrogen and oxygen atoms in total. The van der Waals surface area contributed by atoms with Gasteiger partial charge in [0.15, 0.2) is 0 Å². The summed E-state index contributed by atoms with van der Waals surface area (Å²) in [6.07, 6.45) is 11.0. The van der Waals surface area contributed by atoms with E-state index in [0.29, 0.717) is 5.69 Å². The smallest absolute Gasteiger partial charge is 0.228 e. The molecule has 0 radical (unpaired) electrons. The molecule has 0 saturated heterocycles. The van der Waals surface area contributed by atoms with Crippen LogP contribution in [0.1, 0.15) is 30.8 Å². The average molecular weight is 407 g/mol. The summed E-state index contributed by atoms with van der Waals surface area (Å²) in [4.78, 5) is 24.1. The third-order valence-electron chi connectivity index (χ3n) is 6.16. The zero-order chi connectivity index (χ0) is 21.3. The van der Waals surface area contributed by atoms with Crippen LogP contribution in [0, 0.1) is 31.0 Å². The van der Waals surface area contributed by atoms with Gasteiger partial charge in [-0.2, -0.15) is 0 Å². The van der Waals surface area contributed by atoms with Gasteiger partial charge in [0.25, 0.3) is 0 Å². The number of benzene rings is 1. The van der Waals surface area contributed by atoms with Crippen molar-refractivity contribution in [1.82, 2.24) is 9.97 Å². The minimum absolute atomic E-state index is 0.0117. The average Bonchev–Trinajstić information content (AvgIpc) is 3.45. The predicted molar refractivity (Wildman–Crippen MR) is 117 cm³/mol. The number of amides is 1. The fraction of sp³-hybridized carbons (Fsp3) is 0.375. The van der Waals surface area contributed by atoms with Gasteiger partial charge >= 0.3 is 0 Å². The van der Waals surface area contributed by atoms with Crippen LogP contribution in [0.2, 0.25) is 0 Å². The van der Waals surface area contributed by atoms with Crippen LogP contribution in [0.3, 0.4) is 0 Å². The number of hydrogen-bond donors (Lipinski definition) is 1. The molecular formula is C24H27FN4O. The van der Waals surface area contributed by atoms with Crippen molar-refractivity contribution in [3.8, 4) is 0 Å². The summed E-state index contributed by atoms with van der Waals surface area (Å²) in [5.74, 6) is 0.310. The van der Waals surface area contributed by atoms with Crippen LogP contribution in [0.15, 0.2) is 54.3 Å². The van der Waals surface area contributed by atoms with Crippen molar-refractivity contribution in [3.63, 3.8) is 0 Å². The van der Waals surface area contributed by atoms with Crippen LogP contribution < -0.4 is 10.2 Å². The largest absolute Gasteiger partial charge is 0.371 e. The van der Waals surface area contributed by atoms with Crippen molar-refractivity contribution in [2.75, 3.05) is 23.8 Å². The van der Waals surface area contributed by atoms with Crippen molar-refractivity contribution in [2.24, 2.45) is 11.3 Å². The molecule has 156 valence electrons. The van der Waals surface area contributed by atoms with Gasteiger partial charge in [-0.15, -0.1) is 0 Å². The molecule has 1 saturated carbocycles. The maximum Gasteiger partial charge on any atom is 0.228 e. The first kappa shape index (κ1) is 20.3. The Balaban J connectivity index is 1.56. The van der Waals surface area contributed by atoms with Gasteiger partial charge in [0, 0.05) is 24.7 Å². The molecule has 6 heteroatoms. The number of nitrogens with one attached hydrogen (secondary N) is 1. The lowest BCUT2D eigenvalue weighted by Gasteiger charge is -2.30. The van der Waals surface area contributed by atoms with Crippen molar-refractivity contribution < 1.29 is 9.18 Å². The Hall–Kier alpha value is -3.02. The Morgan fingerprint density at radius 2 is 2.07 bits per heavy atom. The second-order valence-corrected chi connectivity index (χ2v) is 8.31. The summed E-state index contributed by atoms with van der Waals surface area (Å²) in [7, 11) is 2.04. The number of rotatable bonds is 6. The molecule has 1 N–H and O–H groups in total. The second-order valence-electron chi connectivity index (χ2n) is 8.31. The zero-order valence-electron chi connectivity index (χ0n) is 17.7. The standard InChI is InChI=1S/C24H27FN4O/c1-16-22(14-26-17(2)27-16)29(3)15-24(18-7-5-4-6-8-18)13-21(24)23(30)28-20-11-9-19(25)10-12-20/h4-5,7,9-12,14,21H,6,8,13,15H2,1-3H3,(H,28,30)/t21-,24+/m0/s1. The van der Waals surface area contributed by atoms with Crippen LogP contribution in [-0.4, -0.2) is 29.5 Å². The number of nitrogens with zero attached hydrogens (tertiary/aromatic N) is 3. The number of carbonyl (C=O) groups excluding carboxylic acids is 1. The quantitative estimate of drug-likeness (QED) is 0.762. The van der Waals surface area contributed by atoms with E-state index in [4.69, 9.17) is 0 Å². The molecule has 30 heavy (non-hydrogen) atoms. The lowest BCUT2D eigenvalue weighted by Crippen LogP contribution is -2.32. The van der Waals surface area contributed by atoms with Gasteiger partial charge in [0.1, 0.15) is 11.6 Å². The van der Waals surface area contributed by atoms with Gasteiger partial charge in [-0.3, -0.25) is 4.79 Å². The Labute approximate surface area is 176 Å². The maximum atomic E-state index is 13.2. The Morgan fingerprint density at radius 3 is 2.73 bits per heavy atom. The molecule has 2 atom stereocenters. The predicted octanol–water partition coefficient (Wildman–Crippen LogP) is 4.59. The Morgan fingerprint density at radius 1 is 1.30 bits per heavy atom. The molecule has 0 bridgehead atoms. The first-order valence-corrected chi connectivity index (χ1v) is 10.3. The van der Waals surface area contributed by atoms with Crippen molar-refractivity contribution >= 4 is 17.3 Å². The van der Waals surface area contributed by atoms with Crippen molar-refractivity contribution in [1.29, 1.82) is 0 Å². The van der Waals surface area contributed by atoms with E-state index in [-0.39, 0.29) is 23.1 Å². The highest BCUT2D eigenvalue weighted by Gasteiger charge is 2.60. The highest BCUT2D eigenvalue weighted by atomic mass is 19.1. The lowest BCUT2D eigenvalue weighted by atomic mass is 9.86. The monoisotopic (exact) mass is 406 g/mol. The van der Waals surface area contributed by atoms with E-state index in [9.17, 15) is 9.18 Å².